The Balaban J connectivity index is 3.94. The van der Waals surface area contributed by atoms with Crippen LogP contribution in [0.15, 0.2) is 0 Å². The maximum atomic E-state index is 9.90. The highest BCUT2D eigenvalue weighted by atomic mass is 16.3. The fourth-order valence-electron chi connectivity index (χ4n) is 1.31. The lowest BCUT2D eigenvalue weighted by molar-refractivity contribution is -0.0170. The Morgan fingerprint density at radius 1 is 1.30 bits per heavy atom. The van der Waals surface area contributed by atoms with Crippen LogP contribution in [0, 0.1) is 5.92 Å². The molecule has 0 saturated carbocycles. The summed E-state index contributed by atoms with van der Waals surface area (Å²) >= 11 is 0. The highest BCUT2D eigenvalue weighted by Crippen LogP contribution is 2.25. The lowest BCUT2D eigenvalue weighted by atomic mass is 9.84. The van der Waals surface area contributed by atoms with Crippen LogP contribution in [0.3, 0.4) is 0 Å². The van der Waals surface area contributed by atoms with Crippen molar-refractivity contribution in [3.05, 3.63) is 0 Å². The maximum Gasteiger partial charge on any atom is 0.0667 e. The first kappa shape index (κ1) is 9.96. The van der Waals surface area contributed by atoms with Gasteiger partial charge in [-0.2, -0.15) is 0 Å². The van der Waals surface area contributed by atoms with Gasteiger partial charge in [0.25, 0.3) is 0 Å². The van der Waals surface area contributed by atoms with Gasteiger partial charge in [-0.3, -0.25) is 0 Å². The quantitative estimate of drug-likeness (QED) is 0.643. The summed E-state index contributed by atoms with van der Waals surface area (Å²) in [6.45, 7) is 8.33. The lowest BCUT2D eigenvalue weighted by Gasteiger charge is -2.30. The molecule has 0 bridgehead atoms. The summed E-state index contributed by atoms with van der Waals surface area (Å²) in [4.78, 5) is 0. The van der Waals surface area contributed by atoms with Gasteiger partial charge in [0.05, 0.1) is 5.60 Å². The van der Waals surface area contributed by atoms with Crippen LogP contribution in [0.2, 0.25) is 0 Å². The third-order valence-electron chi connectivity index (χ3n) is 2.37. The molecule has 0 radical (unpaired) electrons. The third kappa shape index (κ3) is 2.30. The minimum Gasteiger partial charge on any atom is -0.390 e. The average molecular weight is 144 g/mol. The Morgan fingerprint density at radius 2 is 1.80 bits per heavy atom. The Morgan fingerprint density at radius 3 is 1.90 bits per heavy atom. The average Bonchev–Trinajstić information content (AvgIpc) is 1.88. The van der Waals surface area contributed by atoms with Crippen molar-refractivity contribution in [2.24, 2.45) is 5.92 Å². The van der Waals surface area contributed by atoms with Crippen molar-refractivity contribution in [1.82, 2.24) is 0 Å². The third-order valence-corrected chi connectivity index (χ3v) is 2.37. The van der Waals surface area contributed by atoms with Gasteiger partial charge in [0.1, 0.15) is 0 Å². The topological polar surface area (TPSA) is 20.2 Å². The van der Waals surface area contributed by atoms with Crippen LogP contribution in [0.5, 0.6) is 0 Å². The summed E-state index contributed by atoms with van der Waals surface area (Å²) < 4.78 is 0. The monoisotopic (exact) mass is 144 g/mol. The molecule has 1 atom stereocenters. The van der Waals surface area contributed by atoms with Crippen molar-refractivity contribution in [2.45, 2.75) is 52.6 Å². The van der Waals surface area contributed by atoms with E-state index in [-0.39, 0.29) is 0 Å². The molecular formula is C9H20O. The highest BCUT2D eigenvalue weighted by Gasteiger charge is 2.26. The number of aliphatic hydroxyl groups is 1. The molecule has 0 heterocycles. The smallest absolute Gasteiger partial charge is 0.0667 e. The van der Waals surface area contributed by atoms with Crippen LogP contribution in [-0.4, -0.2) is 10.7 Å². The minimum absolute atomic E-state index is 0.387. The van der Waals surface area contributed by atoms with Crippen molar-refractivity contribution in [3.8, 4) is 0 Å². The van der Waals surface area contributed by atoms with Gasteiger partial charge in [-0.1, -0.05) is 34.1 Å². The van der Waals surface area contributed by atoms with E-state index < -0.39 is 5.60 Å². The van der Waals surface area contributed by atoms with Gasteiger partial charge in [0, 0.05) is 0 Å². The van der Waals surface area contributed by atoms with E-state index in [0.29, 0.717) is 5.92 Å². The molecule has 1 nitrogen and oxygen atoms in total. The molecule has 0 aliphatic carbocycles. The predicted molar refractivity (Wildman–Crippen MR) is 45.0 cm³/mol. The van der Waals surface area contributed by atoms with E-state index in [1.54, 1.807) is 0 Å². The molecule has 0 aromatic rings. The molecule has 1 heteroatoms. The molecule has 0 amide bonds. The van der Waals surface area contributed by atoms with E-state index in [1.165, 1.54) is 0 Å². The summed E-state index contributed by atoms with van der Waals surface area (Å²) in [6.07, 6.45) is 2.88. The summed E-state index contributed by atoms with van der Waals surface area (Å²) in [5.41, 5.74) is -0.408. The predicted octanol–water partition coefficient (Wildman–Crippen LogP) is 2.58. The first-order chi connectivity index (χ1) is 4.56. The molecule has 0 aliphatic rings. The fourth-order valence-corrected chi connectivity index (χ4v) is 1.31. The van der Waals surface area contributed by atoms with Crippen LogP contribution >= 0.6 is 0 Å². The lowest BCUT2D eigenvalue weighted by Crippen LogP contribution is -2.33. The molecule has 62 valence electrons. The van der Waals surface area contributed by atoms with E-state index in [4.69, 9.17) is 0 Å². The van der Waals surface area contributed by atoms with Crippen LogP contribution in [0.1, 0.15) is 47.0 Å². The van der Waals surface area contributed by atoms with Crippen LogP contribution in [0.25, 0.3) is 0 Å². The van der Waals surface area contributed by atoms with Gasteiger partial charge >= 0.3 is 0 Å². The summed E-state index contributed by atoms with van der Waals surface area (Å²) in [5, 5.41) is 9.90. The van der Waals surface area contributed by atoms with Gasteiger partial charge in [-0.25, -0.2) is 0 Å². The highest BCUT2D eigenvalue weighted by molar-refractivity contribution is 4.79. The molecule has 0 unspecified atom stereocenters. The standard InChI is InChI=1S/C9H20O/c1-5-7-9(10,6-2)8(3)4/h8,10H,5-7H2,1-4H3/t9-/m1/s1. The molecule has 0 saturated heterocycles. The second kappa shape index (κ2) is 3.97. The normalized spacial score (nSPS) is 17.4. The number of rotatable bonds is 4. The Kier molecular flexibility index (Phi) is 3.95. The summed E-state index contributed by atoms with van der Waals surface area (Å²) in [6, 6.07) is 0. The Bertz CT molecular complexity index is 88.7. The van der Waals surface area contributed by atoms with Crippen molar-refractivity contribution in [3.63, 3.8) is 0 Å². The van der Waals surface area contributed by atoms with Crippen molar-refractivity contribution in [1.29, 1.82) is 0 Å². The van der Waals surface area contributed by atoms with E-state index in [1.807, 2.05) is 0 Å². The zero-order chi connectivity index (χ0) is 8.20. The van der Waals surface area contributed by atoms with Crippen molar-refractivity contribution >= 4 is 0 Å². The molecular weight excluding hydrogens is 124 g/mol. The summed E-state index contributed by atoms with van der Waals surface area (Å²) in [5.74, 6) is 0.387. The Labute approximate surface area is 64.5 Å². The van der Waals surface area contributed by atoms with Gasteiger partial charge in [-0.05, 0) is 18.8 Å². The first-order valence-electron chi connectivity index (χ1n) is 4.29. The van der Waals surface area contributed by atoms with Gasteiger partial charge in [0.2, 0.25) is 0 Å². The molecule has 0 aromatic carbocycles. The van der Waals surface area contributed by atoms with Crippen LogP contribution in [0.4, 0.5) is 0 Å². The molecule has 0 spiro atoms. The number of hydrogen-bond donors (Lipinski definition) is 1. The molecule has 10 heavy (non-hydrogen) atoms. The zero-order valence-electron chi connectivity index (χ0n) is 7.65. The van der Waals surface area contributed by atoms with E-state index in [0.717, 1.165) is 19.3 Å². The molecule has 0 aliphatic heterocycles. The van der Waals surface area contributed by atoms with E-state index in [2.05, 4.69) is 27.7 Å². The Hall–Kier alpha value is -0.0400. The van der Waals surface area contributed by atoms with Crippen molar-refractivity contribution in [2.75, 3.05) is 0 Å². The first-order valence-corrected chi connectivity index (χ1v) is 4.29. The fraction of sp³-hybridized carbons (Fsp3) is 1.00. The molecule has 1 N–H and O–H groups in total. The number of hydrogen-bond acceptors (Lipinski definition) is 1. The van der Waals surface area contributed by atoms with E-state index in [9.17, 15) is 5.11 Å². The van der Waals surface area contributed by atoms with Crippen LogP contribution < -0.4 is 0 Å². The molecule has 0 fully saturated rings. The SMILES string of the molecule is CCC[C@](O)(CC)C(C)C. The van der Waals surface area contributed by atoms with Gasteiger partial charge in [-0.15, -0.1) is 0 Å². The minimum atomic E-state index is -0.408. The van der Waals surface area contributed by atoms with Crippen molar-refractivity contribution < 1.29 is 5.11 Å². The van der Waals surface area contributed by atoms with E-state index >= 15 is 0 Å². The van der Waals surface area contributed by atoms with Crippen LogP contribution in [-0.2, 0) is 0 Å². The van der Waals surface area contributed by atoms with Gasteiger partial charge in [0.15, 0.2) is 0 Å². The zero-order valence-corrected chi connectivity index (χ0v) is 7.65. The second-order valence-corrected chi connectivity index (χ2v) is 3.36. The van der Waals surface area contributed by atoms with Gasteiger partial charge < -0.3 is 5.11 Å². The molecule has 0 rings (SSSR count). The summed E-state index contributed by atoms with van der Waals surface area (Å²) in [7, 11) is 0. The second-order valence-electron chi connectivity index (χ2n) is 3.36. The maximum absolute atomic E-state index is 9.90. The molecule has 0 aromatic heterocycles. The largest absolute Gasteiger partial charge is 0.390 e.